The highest BCUT2D eigenvalue weighted by Crippen LogP contribution is 2.19. The molecule has 0 spiro atoms. The van der Waals surface area contributed by atoms with Gasteiger partial charge in [-0.2, -0.15) is 0 Å². The van der Waals surface area contributed by atoms with E-state index >= 15 is 0 Å². The Morgan fingerprint density at radius 2 is 2.25 bits per heavy atom. The van der Waals surface area contributed by atoms with Crippen molar-refractivity contribution in [1.29, 1.82) is 0 Å². The zero-order chi connectivity index (χ0) is 14.8. The van der Waals surface area contributed by atoms with Crippen molar-refractivity contribution < 1.29 is 5.11 Å². The monoisotopic (exact) mass is 339 g/mol. The number of imidazole rings is 1. The van der Waals surface area contributed by atoms with Crippen molar-refractivity contribution in [1.82, 2.24) is 14.7 Å². The van der Waals surface area contributed by atoms with Gasteiger partial charge in [-0.15, -0.1) is 0 Å². The van der Waals surface area contributed by atoms with Crippen LogP contribution >= 0.6 is 15.9 Å². The third kappa shape index (κ3) is 3.40. The molecule has 0 saturated carbocycles. The fourth-order valence-corrected chi connectivity index (χ4v) is 2.53. The van der Waals surface area contributed by atoms with Gasteiger partial charge in [-0.3, -0.25) is 0 Å². The van der Waals surface area contributed by atoms with Gasteiger partial charge < -0.3 is 14.8 Å². The van der Waals surface area contributed by atoms with Crippen LogP contribution in [0.4, 0.5) is 0 Å². The topological polar surface area (TPSA) is 49.6 Å². The SMILES string of the molecule is CCC(C)C(C)(O)CNCc1cnc2ccc(Br)cn12. The fraction of sp³-hybridized carbons (Fsp3) is 0.533. The smallest absolute Gasteiger partial charge is 0.136 e. The van der Waals surface area contributed by atoms with E-state index in [0.29, 0.717) is 13.1 Å². The molecule has 2 aromatic rings. The summed E-state index contributed by atoms with van der Waals surface area (Å²) in [6.45, 7) is 7.32. The molecule has 5 heteroatoms. The largest absolute Gasteiger partial charge is 0.389 e. The van der Waals surface area contributed by atoms with Gasteiger partial charge in [-0.1, -0.05) is 20.3 Å². The Labute approximate surface area is 128 Å². The lowest BCUT2D eigenvalue weighted by Crippen LogP contribution is -2.42. The normalized spacial score (nSPS) is 16.2. The number of hydrogen-bond donors (Lipinski definition) is 2. The zero-order valence-corrected chi connectivity index (χ0v) is 13.8. The predicted molar refractivity (Wildman–Crippen MR) is 84.7 cm³/mol. The standard InChI is InChI=1S/C15H22BrN3O/c1-4-11(2)15(3,20)10-17-7-13-8-18-14-6-5-12(16)9-19(13)14/h5-6,8-9,11,17,20H,4,7,10H2,1-3H3. The molecule has 0 aliphatic rings. The Morgan fingerprint density at radius 3 is 2.95 bits per heavy atom. The van der Waals surface area contributed by atoms with Crippen molar-refractivity contribution in [3.8, 4) is 0 Å². The number of aromatic nitrogens is 2. The molecule has 2 rings (SSSR count). The maximum absolute atomic E-state index is 10.4. The molecule has 0 radical (unpaired) electrons. The molecule has 110 valence electrons. The summed E-state index contributed by atoms with van der Waals surface area (Å²) in [7, 11) is 0. The van der Waals surface area contributed by atoms with Crippen LogP contribution in [0.25, 0.3) is 5.65 Å². The molecule has 2 unspecified atom stereocenters. The predicted octanol–water partition coefficient (Wildman–Crippen LogP) is 2.98. The third-order valence-corrected chi connectivity index (χ3v) is 4.48. The molecule has 2 N–H and O–H groups in total. The van der Waals surface area contributed by atoms with Gasteiger partial charge >= 0.3 is 0 Å². The van der Waals surface area contributed by atoms with Crippen molar-refractivity contribution in [3.05, 3.63) is 34.7 Å². The van der Waals surface area contributed by atoms with Crippen molar-refractivity contribution in [2.24, 2.45) is 5.92 Å². The molecule has 0 fully saturated rings. The van der Waals surface area contributed by atoms with E-state index in [0.717, 1.165) is 22.2 Å². The first-order valence-corrected chi connectivity index (χ1v) is 7.78. The van der Waals surface area contributed by atoms with Gasteiger partial charge in [-0.25, -0.2) is 4.98 Å². The van der Waals surface area contributed by atoms with E-state index in [-0.39, 0.29) is 5.92 Å². The van der Waals surface area contributed by atoms with E-state index in [9.17, 15) is 5.11 Å². The Morgan fingerprint density at radius 1 is 1.50 bits per heavy atom. The second-order valence-corrected chi connectivity index (χ2v) is 6.51. The summed E-state index contributed by atoms with van der Waals surface area (Å²) in [5.74, 6) is 0.270. The second-order valence-electron chi connectivity index (χ2n) is 5.60. The van der Waals surface area contributed by atoms with Crippen LogP contribution < -0.4 is 5.32 Å². The summed E-state index contributed by atoms with van der Waals surface area (Å²) in [5.41, 5.74) is 1.33. The molecule has 0 aliphatic heterocycles. The average Bonchev–Trinajstić information content (AvgIpc) is 2.80. The number of fused-ring (bicyclic) bond motifs is 1. The first-order valence-electron chi connectivity index (χ1n) is 6.98. The number of nitrogens with zero attached hydrogens (tertiary/aromatic N) is 2. The summed E-state index contributed by atoms with van der Waals surface area (Å²) in [6.07, 6.45) is 4.84. The fourth-order valence-electron chi connectivity index (χ4n) is 2.19. The number of aliphatic hydroxyl groups is 1. The van der Waals surface area contributed by atoms with E-state index in [1.165, 1.54) is 0 Å². The first-order chi connectivity index (χ1) is 9.44. The summed E-state index contributed by atoms with van der Waals surface area (Å²) in [6, 6.07) is 3.95. The van der Waals surface area contributed by atoms with Crippen LogP contribution in [0.5, 0.6) is 0 Å². The van der Waals surface area contributed by atoms with Crippen molar-refractivity contribution in [2.45, 2.75) is 39.3 Å². The van der Waals surface area contributed by atoms with Gasteiger partial charge in [0.15, 0.2) is 0 Å². The van der Waals surface area contributed by atoms with Gasteiger partial charge in [0, 0.05) is 23.8 Å². The molecule has 20 heavy (non-hydrogen) atoms. The summed E-state index contributed by atoms with van der Waals surface area (Å²) in [5, 5.41) is 13.7. The van der Waals surface area contributed by atoms with Gasteiger partial charge in [-0.05, 0) is 40.9 Å². The van der Waals surface area contributed by atoms with Gasteiger partial charge in [0.2, 0.25) is 0 Å². The summed E-state index contributed by atoms with van der Waals surface area (Å²) < 4.78 is 3.07. The number of rotatable bonds is 6. The highest BCUT2D eigenvalue weighted by atomic mass is 79.9. The molecule has 0 aromatic carbocycles. The highest BCUT2D eigenvalue weighted by Gasteiger charge is 2.26. The maximum Gasteiger partial charge on any atom is 0.136 e. The van der Waals surface area contributed by atoms with E-state index in [1.807, 2.05) is 31.5 Å². The van der Waals surface area contributed by atoms with Gasteiger partial charge in [0.1, 0.15) is 5.65 Å². The van der Waals surface area contributed by atoms with Crippen LogP contribution in [0.15, 0.2) is 29.0 Å². The van der Waals surface area contributed by atoms with Crippen LogP contribution in [0.3, 0.4) is 0 Å². The van der Waals surface area contributed by atoms with Crippen molar-refractivity contribution >= 4 is 21.6 Å². The molecule has 0 saturated heterocycles. The number of pyridine rings is 1. The molecule has 2 aromatic heterocycles. The molecular formula is C15H22BrN3O. The van der Waals surface area contributed by atoms with E-state index in [2.05, 4.69) is 44.5 Å². The minimum Gasteiger partial charge on any atom is -0.389 e. The quantitative estimate of drug-likeness (QED) is 0.850. The molecular weight excluding hydrogens is 318 g/mol. The number of hydrogen-bond acceptors (Lipinski definition) is 3. The lowest BCUT2D eigenvalue weighted by molar-refractivity contribution is 0.00528. The molecule has 2 heterocycles. The maximum atomic E-state index is 10.4. The van der Waals surface area contributed by atoms with Crippen molar-refractivity contribution in [2.75, 3.05) is 6.54 Å². The number of halogens is 1. The minimum atomic E-state index is -0.685. The van der Waals surface area contributed by atoms with E-state index in [4.69, 9.17) is 0 Å². The molecule has 0 bridgehead atoms. The minimum absolute atomic E-state index is 0.270. The van der Waals surface area contributed by atoms with Gasteiger partial charge in [0.05, 0.1) is 17.5 Å². The Balaban J connectivity index is 2.01. The Kier molecular flexibility index (Phi) is 4.83. The molecule has 2 atom stereocenters. The van der Waals surface area contributed by atoms with Crippen LogP contribution in [0.2, 0.25) is 0 Å². The van der Waals surface area contributed by atoms with Crippen LogP contribution in [-0.4, -0.2) is 26.6 Å². The molecule has 0 amide bonds. The van der Waals surface area contributed by atoms with Crippen LogP contribution in [-0.2, 0) is 6.54 Å². The Bertz CT molecular complexity index is 580. The third-order valence-electron chi connectivity index (χ3n) is 4.01. The van der Waals surface area contributed by atoms with E-state index in [1.54, 1.807) is 0 Å². The Hall–Kier alpha value is -0.910. The summed E-state index contributed by atoms with van der Waals surface area (Å²) >= 11 is 3.47. The summed E-state index contributed by atoms with van der Waals surface area (Å²) in [4.78, 5) is 4.37. The van der Waals surface area contributed by atoms with Crippen LogP contribution in [0, 0.1) is 5.92 Å². The lowest BCUT2D eigenvalue weighted by Gasteiger charge is -2.29. The van der Waals surface area contributed by atoms with Crippen LogP contribution in [0.1, 0.15) is 32.9 Å². The second kappa shape index (κ2) is 6.24. The first kappa shape index (κ1) is 15.5. The highest BCUT2D eigenvalue weighted by molar-refractivity contribution is 9.10. The van der Waals surface area contributed by atoms with E-state index < -0.39 is 5.60 Å². The lowest BCUT2D eigenvalue weighted by atomic mass is 9.89. The molecule has 4 nitrogen and oxygen atoms in total. The van der Waals surface area contributed by atoms with Crippen molar-refractivity contribution in [3.63, 3.8) is 0 Å². The zero-order valence-electron chi connectivity index (χ0n) is 12.2. The molecule has 0 aliphatic carbocycles. The average molecular weight is 340 g/mol. The number of nitrogens with one attached hydrogen (secondary N) is 1. The van der Waals surface area contributed by atoms with Gasteiger partial charge in [0.25, 0.3) is 0 Å².